The van der Waals surface area contributed by atoms with Crippen LogP contribution in [0, 0.1) is 5.92 Å². The zero-order valence-electron chi connectivity index (χ0n) is 13.9. The number of carbonyl (C=O) groups excluding carboxylic acids is 1. The van der Waals surface area contributed by atoms with E-state index in [1.165, 1.54) is 0 Å². The van der Waals surface area contributed by atoms with Crippen LogP contribution >= 0.6 is 0 Å². The molecule has 1 amide bonds. The zero-order valence-corrected chi connectivity index (χ0v) is 13.9. The van der Waals surface area contributed by atoms with E-state index in [9.17, 15) is 4.79 Å². The van der Waals surface area contributed by atoms with Crippen molar-refractivity contribution < 1.29 is 14.3 Å². The summed E-state index contributed by atoms with van der Waals surface area (Å²) >= 11 is 0. The van der Waals surface area contributed by atoms with Crippen LogP contribution in [0.4, 0.5) is 5.69 Å². The number of amides is 1. The Morgan fingerprint density at radius 1 is 1.38 bits per heavy atom. The molecule has 128 valence electrons. The molecule has 1 unspecified atom stereocenters. The molecule has 1 N–H and O–H groups in total. The Labute approximate surface area is 141 Å². The van der Waals surface area contributed by atoms with E-state index in [1.54, 1.807) is 13.1 Å². The van der Waals surface area contributed by atoms with Gasteiger partial charge in [-0.15, -0.1) is 0 Å². The van der Waals surface area contributed by atoms with Gasteiger partial charge in [0.05, 0.1) is 11.9 Å². The highest BCUT2D eigenvalue weighted by molar-refractivity contribution is 5.93. The molecule has 1 aromatic carbocycles. The van der Waals surface area contributed by atoms with Crippen LogP contribution in [0.3, 0.4) is 0 Å². The second-order valence-corrected chi connectivity index (χ2v) is 6.07. The molecule has 1 aliphatic rings. The number of benzene rings is 1. The molecule has 3 rings (SSSR count). The first-order valence-corrected chi connectivity index (χ1v) is 8.33. The van der Waals surface area contributed by atoms with Crippen LogP contribution < -0.4 is 10.1 Å². The van der Waals surface area contributed by atoms with Crippen molar-refractivity contribution in [3.05, 3.63) is 42.7 Å². The molecule has 6 heteroatoms. The van der Waals surface area contributed by atoms with Crippen LogP contribution in [-0.2, 0) is 16.1 Å². The Balaban J connectivity index is 1.51. The second-order valence-electron chi connectivity index (χ2n) is 6.07. The summed E-state index contributed by atoms with van der Waals surface area (Å²) in [6, 6.07) is 9.32. The van der Waals surface area contributed by atoms with Gasteiger partial charge in [0.2, 0.25) is 0 Å². The van der Waals surface area contributed by atoms with Gasteiger partial charge in [0.25, 0.3) is 5.91 Å². The highest BCUT2D eigenvalue weighted by Crippen LogP contribution is 2.18. The molecular weight excluding hydrogens is 306 g/mol. The number of anilines is 1. The molecule has 1 saturated heterocycles. The van der Waals surface area contributed by atoms with Gasteiger partial charge in [-0.3, -0.25) is 9.48 Å². The summed E-state index contributed by atoms with van der Waals surface area (Å²) in [5.41, 5.74) is 0.690. The fourth-order valence-electron chi connectivity index (χ4n) is 2.72. The van der Waals surface area contributed by atoms with E-state index in [-0.39, 0.29) is 5.91 Å². The van der Waals surface area contributed by atoms with Crippen LogP contribution in [0.2, 0.25) is 0 Å². The topological polar surface area (TPSA) is 65.4 Å². The number of nitrogens with one attached hydrogen (secondary N) is 1. The number of aromatic nitrogens is 2. The number of para-hydroxylation sites is 1. The van der Waals surface area contributed by atoms with Crippen LogP contribution in [0.5, 0.6) is 5.75 Å². The Morgan fingerprint density at radius 2 is 2.12 bits per heavy atom. The maximum Gasteiger partial charge on any atom is 0.265 e. The van der Waals surface area contributed by atoms with Gasteiger partial charge in [-0.05, 0) is 37.8 Å². The van der Waals surface area contributed by atoms with Crippen molar-refractivity contribution in [1.29, 1.82) is 0 Å². The number of nitrogens with zero attached hydrogens (tertiary/aromatic N) is 2. The van der Waals surface area contributed by atoms with Gasteiger partial charge in [-0.25, -0.2) is 0 Å². The molecule has 2 aromatic rings. The third-order valence-electron chi connectivity index (χ3n) is 4.11. The summed E-state index contributed by atoms with van der Waals surface area (Å²) in [7, 11) is 0. The van der Waals surface area contributed by atoms with Gasteiger partial charge >= 0.3 is 0 Å². The molecule has 0 spiro atoms. The fraction of sp³-hybridized carbons (Fsp3) is 0.444. The van der Waals surface area contributed by atoms with Gasteiger partial charge in [-0.2, -0.15) is 5.10 Å². The minimum Gasteiger partial charge on any atom is -0.481 e. The molecule has 0 saturated carbocycles. The van der Waals surface area contributed by atoms with Crippen molar-refractivity contribution in [3.63, 3.8) is 0 Å². The maximum absolute atomic E-state index is 12.2. The lowest BCUT2D eigenvalue weighted by molar-refractivity contribution is -0.122. The maximum atomic E-state index is 12.2. The molecule has 1 aromatic heterocycles. The molecule has 24 heavy (non-hydrogen) atoms. The lowest BCUT2D eigenvalue weighted by Crippen LogP contribution is -2.30. The van der Waals surface area contributed by atoms with E-state index in [2.05, 4.69) is 10.4 Å². The second kappa shape index (κ2) is 7.97. The largest absolute Gasteiger partial charge is 0.481 e. The average Bonchev–Trinajstić information content (AvgIpc) is 3.03. The van der Waals surface area contributed by atoms with Gasteiger partial charge < -0.3 is 14.8 Å². The number of ether oxygens (including phenoxy) is 2. The standard InChI is InChI=1S/C18H23N3O3/c1-14(24-17-5-3-2-4-6-17)18(22)20-16-11-19-21(13-16)12-15-7-9-23-10-8-15/h2-6,11,13-15H,7-10,12H2,1H3,(H,20,22). The van der Waals surface area contributed by atoms with Crippen molar-refractivity contribution in [2.24, 2.45) is 5.92 Å². The van der Waals surface area contributed by atoms with Crippen molar-refractivity contribution in [3.8, 4) is 5.75 Å². The van der Waals surface area contributed by atoms with E-state index in [4.69, 9.17) is 9.47 Å². The van der Waals surface area contributed by atoms with E-state index in [1.807, 2.05) is 41.2 Å². The van der Waals surface area contributed by atoms with Gasteiger partial charge in [0.1, 0.15) is 5.75 Å². The van der Waals surface area contributed by atoms with Crippen LogP contribution in [0.25, 0.3) is 0 Å². The Hall–Kier alpha value is -2.34. The number of rotatable bonds is 6. The molecule has 2 heterocycles. The molecule has 0 aliphatic carbocycles. The predicted octanol–water partition coefficient (Wildman–Crippen LogP) is 2.72. The number of hydrogen-bond donors (Lipinski definition) is 1. The summed E-state index contributed by atoms with van der Waals surface area (Å²) in [6.45, 7) is 4.23. The summed E-state index contributed by atoms with van der Waals surface area (Å²) in [6.07, 6.45) is 5.08. The van der Waals surface area contributed by atoms with Crippen LogP contribution in [0.1, 0.15) is 19.8 Å². The summed E-state index contributed by atoms with van der Waals surface area (Å²) < 4.78 is 12.9. The summed E-state index contributed by atoms with van der Waals surface area (Å²) in [5, 5.41) is 7.17. The molecule has 1 atom stereocenters. The van der Waals surface area contributed by atoms with Crippen molar-refractivity contribution in [1.82, 2.24) is 9.78 Å². The lowest BCUT2D eigenvalue weighted by atomic mass is 10.0. The average molecular weight is 329 g/mol. The van der Waals surface area contributed by atoms with E-state index in [0.29, 0.717) is 17.4 Å². The fourth-order valence-corrected chi connectivity index (χ4v) is 2.72. The summed E-state index contributed by atoms with van der Waals surface area (Å²) in [4.78, 5) is 12.2. The first-order valence-electron chi connectivity index (χ1n) is 8.33. The minimum absolute atomic E-state index is 0.190. The number of hydrogen-bond acceptors (Lipinski definition) is 4. The number of carbonyl (C=O) groups is 1. The highest BCUT2D eigenvalue weighted by Gasteiger charge is 2.17. The quantitative estimate of drug-likeness (QED) is 0.885. The highest BCUT2D eigenvalue weighted by atomic mass is 16.5. The molecule has 0 bridgehead atoms. The molecule has 1 fully saturated rings. The monoisotopic (exact) mass is 329 g/mol. The Bertz CT molecular complexity index is 651. The van der Waals surface area contributed by atoms with Crippen molar-refractivity contribution in [2.45, 2.75) is 32.4 Å². The van der Waals surface area contributed by atoms with Crippen molar-refractivity contribution in [2.75, 3.05) is 18.5 Å². The first-order chi connectivity index (χ1) is 11.7. The third-order valence-corrected chi connectivity index (χ3v) is 4.11. The SMILES string of the molecule is CC(Oc1ccccc1)C(=O)Nc1cnn(CC2CCOCC2)c1. The zero-order chi connectivity index (χ0) is 16.8. The van der Waals surface area contributed by atoms with Gasteiger partial charge in [-0.1, -0.05) is 18.2 Å². The Kier molecular flexibility index (Phi) is 5.48. The minimum atomic E-state index is -0.578. The third kappa shape index (κ3) is 4.58. The normalized spacial score (nSPS) is 16.5. The molecular formula is C18H23N3O3. The van der Waals surface area contributed by atoms with E-state index >= 15 is 0 Å². The molecule has 1 aliphatic heterocycles. The molecule has 6 nitrogen and oxygen atoms in total. The predicted molar refractivity (Wildman–Crippen MR) is 90.9 cm³/mol. The van der Waals surface area contributed by atoms with E-state index in [0.717, 1.165) is 32.6 Å². The van der Waals surface area contributed by atoms with Gasteiger partial charge in [0, 0.05) is 26.0 Å². The van der Waals surface area contributed by atoms with Crippen LogP contribution in [-0.4, -0.2) is 35.0 Å². The molecule has 0 radical (unpaired) electrons. The summed E-state index contributed by atoms with van der Waals surface area (Å²) in [5.74, 6) is 1.07. The first kappa shape index (κ1) is 16.5. The Morgan fingerprint density at radius 3 is 2.88 bits per heavy atom. The van der Waals surface area contributed by atoms with Gasteiger partial charge in [0.15, 0.2) is 6.10 Å². The lowest BCUT2D eigenvalue weighted by Gasteiger charge is -2.21. The smallest absolute Gasteiger partial charge is 0.265 e. The van der Waals surface area contributed by atoms with Crippen LogP contribution in [0.15, 0.2) is 42.7 Å². The van der Waals surface area contributed by atoms with Crippen molar-refractivity contribution >= 4 is 11.6 Å². The van der Waals surface area contributed by atoms with E-state index < -0.39 is 6.10 Å².